The van der Waals surface area contributed by atoms with E-state index in [2.05, 4.69) is 17.7 Å². The third-order valence-corrected chi connectivity index (χ3v) is 3.83. The van der Waals surface area contributed by atoms with Gasteiger partial charge in [0.05, 0.1) is 0 Å². The number of pyridine rings is 1. The molecule has 0 aliphatic rings. The van der Waals surface area contributed by atoms with Gasteiger partial charge in [-0.1, -0.05) is 38.2 Å². The Morgan fingerprint density at radius 1 is 1.00 bits per heavy atom. The molecule has 0 amide bonds. The van der Waals surface area contributed by atoms with Crippen LogP contribution in [-0.4, -0.2) is 19.9 Å². The molecule has 4 nitrogen and oxygen atoms in total. The maximum Gasteiger partial charge on any atom is 0.350 e. The Morgan fingerprint density at radius 3 is 2.40 bits per heavy atom. The van der Waals surface area contributed by atoms with Crippen LogP contribution in [0.1, 0.15) is 44.9 Å². The summed E-state index contributed by atoms with van der Waals surface area (Å²) in [5.74, 6) is 0.997. The molecule has 2 aromatic heterocycles. The second-order valence-corrected chi connectivity index (χ2v) is 5.58. The SMILES string of the molecule is O=c1n(CCCCCCCCCS)nc2ccccn12. The summed E-state index contributed by atoms with van der Waals surface area (Å²) < 4.78 is 3.17. The maximum atomic E-state index is 12.0. The number of aryl methyl sites for hydroxylation is 1. The minimum Gasteiger partial charge on any atom is -0.250 e. The second kappa shape index (κ2) is 8.15. The van der Waals surface area contributed by atoms with Gasteiger partial charge in [-0.25, -0.2) is 9.48 Å². The van der Waals surface area contributed by atoms with Crippen LogP contribution in [0, 0.1) is 0 Å². The van der Waals surface area contributed by atoms with Crippen molar-refractivity contribution in [2.75, 3.05) is 5.75 Å². The summed E-state index contributed by atoms with van der Waals surface area (Å²) in [6.45, 7) is 0.719. The zero-order valence-electron chi connectivity index (χ0n) is 11.9. The van der Waals surface area contributed by atoms with Crippen molar-refractivity contribution in [1.29, 1.82) is 0 Å². The fourth-order valence-electron chi connectivity index (χ4n) is 2.37. The van der Waals surface area contributed by atoms with Crippen LogP contribution >= 0.6 is 12.6 Å². The van der Waals surface area contributed by atoms with E-state index in [9.17, 15) is 4.79 Å². The average Bonchev–Trinajstić information content (AvgIpc) is 2.79. The molecule has 0 N–H and O–H groups in total. The Hall–Kier alpha value is -1.23. The van der Waals surface area contributed by atoms with Crippen molar-refractivity contribution in [3.05, 3.63) is 34.9 Å². The van der Waals surface area contributed by atoms with E-state index in [0.717, 1.165) is 24.4 Å². The van der Waals surface area contributed by atoms with Crippen LogP contribution in [0.15, 0.2) is 29.2 Å². The average molecular weight is 293 g/mol. The molecule has 2 aromatic rings. The van der Waals surface area contributed by atoms with Gasteiger partial charge >= 0.3 is 5.69 Å². The number of thiol groups is 1. The normalized spacial score (nSPS) is 11.2. The molecule has 0 aromatic carbocycles. The van der Waals surface area contributed by atoms with Crippen molar-refractivity contribution < 1.29 is 0 Å². The lowest BCUT2D eigenvalue weighted by atomic mass is 10.1. The van der Waals surface area contributed by atoms with Gasteiger partial charge in [-0.2, -0.15) is 12.6 Å². The van der Waals surface area contributed by atoms with E-state index in [1.54, 1.807) is 15.3 Å². The lowest BCUT2D eigenvalue weighted by Crippen LogP contribution is -2.21. The zero-order chi connectivity index (χ0) is 14.2. The highest BCUT2D eigenvalue weighted by molar-refractivity contribution is 7.80. The molecule has 5 heteroatoms. The third kappa shape index (κ3) is 4.13. The highest BCUT2D eigenvalue weighted by Crippen LogP contribution is 2.08. The van der Waals surface area contributed by atoms with E-state index in [1.165, 1.54) is 38.5 Å². The first-order valence-corrected chi connectivity index (χ1v) is 8.11. The molecule has 0 saturated carbocycles. The molecule has 0 radical (unpaired) electrons. The monoisotopic (exact) mass is 293 g/mol. The molecule has 2 heterocycles. The molecule has 0 saturated heterocycles. The van der Waals surface area contributed by atoms with Crippen molar-refractivity contribution in [2.45, 2.75) is 51.5 Å². The molecule has 2 rings (SSSR count). The summed E-state index contributed by atoms with van der Waals surface area (Å²) in [6.07, 6.45) is 10.3. The van der Waals surface area contributed by atoms with Crippen LogP contribution < -0.4 is 5.69 Å². The standard InChI is InChI=1S/C15H23N3OS/c19-15-17-11-8-6-10-14(17)16-18(15)12-7-4-2-1-3-5-9-13-20/h6,8,10-11,20H,1-5,7,9,12-13H2. The fraction of sp³-hybridized carbons (Fsp3) is 0.600. The first-order chi connectivity index (χ1) is 9.83. The largest absolute Gasteiger partial charge is 0.350 e. The Bertz CT molecular complexity index is 576. The van der Waals surface area contributed by atoms with E-state index in [-0.39, 0.29) is 5.69 Å². The number of rotatable bonds is 9. The van der Waals surface area contributed by atoms with Gasteiger partial charge in [-0.3, -0.25) is 4.40 Å². The van der Waals surface area contributed by atoms with Gasteiger partial charge in [0.25, 0.3) is 0 Å². The van der Waals surface area contributed by atoms with Gasteiger partial charge in [0.1, 0.15) is 0 Å². The predicted molar refractivity (Wildman–Crippen MR) is 85.6 cm³/mol. The fourth-order valence-corrected chi connectivity index (χ4v) is 2.59. The first kappa shape index (κ1) is 15.2. The smallest absolute Gasteiger partial charge is 0.250 e. The van der Waals surface area contributed by atoms with E-state index < -0.39 is 0 Å². The van der Waals surface area contributed by atoms with Crippen LogP contribution in [0.25, 0.3) is 5.65 Å². The van der Waals surface area contributed by atoms with Crippen molar-refractivity contribution >= 4 is 18.3 Å². The lowest BCUT2D eigenvalue weighted by Gasteiger charge is -2.01. The molecule has 20 heavy (non-hydrogen) atoms. The number of aromatic nitrogens is 3. The Labute approximate surface area is 125 Å². The summed E-state index contributed by atoms with van der Waals surface area (Å²) in [5.41, 5.74) is 0.693. The third-order valence-electron chi connectivity index (χ3n) is 3.52. The van der Waals surface area contributed by atoms with Crippen molar-refractivity contribution in [3.8, 4) is 0 Å². The topological polar surface area (TPSA) is 39.3 Å². The Kier molecular flexibility index (Phi) is 6.18. The number of hydrogen-bond donors (Lipinski definition) is 1. The quantitative estimate of drug-likeness (QED) is 0.570. The molecule has 0 unspecified atom stereocenters. The molecular formula is C15H23N3OS. The zero-order valence-corrected chi connectivity index (χ0v) is 12.8. The highest BCUT2D eigenvalue weighted by Gasteiger charge is 2.04. The molecule has 0 atom stereocenters. The van der Waals surface area contributed by atoms with Gasteiger partial charge in [-0.15, -0.1) is 5.10 Å². The number of unbranched alkanes of at least 4 members (excludes halogenated alkanes) is 6. The van der Waals surface area contributed by atoms with E-state index in [1.807, 2.05) is 18.2 Å². The van der Waals surface area contributed by atoms with Crippen LogP contribution in [-0.2, 0) is 6.54 Å². The minimum absolute atomic E-state index is 0.0330. The summed E-state index contributed by atoms with van der Waals surface area (Å²) >= 11 is 4.21. The maximum absolute atomic E-state index is 12.0. The van der Waals surface area contributed by atoms with E-state index >= 15 is 0 Å². The minimum atomic E-state index is -0.0330. The summed E-state index contributed by atoms with van der Waals surface area (Å²) in [5, 5.41) is 4.33. The van der Waals surface area contributed by atoms with Crippen LogP contribution in [0.4, 0.5) is 0 Å². The van der Waals surface area contributed by atoms with Gasteiger partial charge in [0.15, 0.2) is 5.65 Å². The summed E-state index contributed by atoms with van der Waals surface area (Å²) in [6, 6.07) is 5.61. The van der Waals surface area contributed by atoms with Crippen LogP contribution in [0.3, 0.4) is 0 Å². The molecule has 0 aliphatic heterocycles. The molecular weight excluding hydrogens is 270 g/mol. The lowest BCUT2D eigenvalue weighted by molar-refractivity contribution is 0.513. The highest BCUT2D eigenvalue weighted by atomic mass is 32.1. The second-order valence-electron chi connectivity index (χ2n) is 5.13. The number of fused-ring (bicyclic) bond motifs is 1. The van der Waals surface area contributed by atoms with E-state index in [4.69, 9.17) is 0 Å². The van der Waals surface area contributed by atoms with Crippen molar-refractivity contribution in [1.82, 2.24) is 14.2 Å². The summed E-state index contributed by atoms with van der Waals surface area (Å²) in [4.78, 5) is 12.0. The van der Waals surface area contributed by atoms with Gasteiger partial charge in [0, 0.05) is 12.7 Å². The molecule has 0 fully saturated rings. The predicted octanol–water partition coefficient (Wildman–Crippen LogP) is 3.16. The summed E-state index contributed by atoms with van der Waals surface area (Å²) in [7, 11) is 0. The molecule has 110 valence electrons. The van der Waals surface area contributed by atoms with E-state index in [0.29, 0.717) is 0 Å². The van der Waals surface area contributed by atoms with Gasteiger partial charge < -0.3 is 0 Å². The van der Waals surface area contributed by atoms with Crippen LogP contribution in [0.2, 0.25) is 0 Å². The first-order valence-electron chi connectivity index (χ1n) is 7.48. The van der Waals surface area contributed by atoms with Crippen molar-refractivity contribution in [2.24, 2.45) is 0 Å². The van der Waals surface area contributed by atoms with Gasteiger partial charge in [0.2, 0.25) is 0 Å². The molecule has 0 aliphatic carbocycles. The van der Waals surface area contributed by atoms with Crippen LogP contribution in [0.5, 0.6) is 0 Å². The Balaban J connectivity index is 1.71. The number of nitrogens with zero attached hydrogens (tertiary/aromatic N) is 3. The number of hydrogen-bond acceptors (Lipinski definition) is 3. The molecule has 0 spiro atoms. The molecule has 0 bridgehead atoms. The van der Waals surface area contributed by atoms with Gasteiger partial charge in [-0.05, 0) is 30.7 Å². The Morgan fingerprint density at radius 2 is 1.70 bits per heavy atom. The van der Waals surface area contributed by atoms with Crippen molar-refractivity contribution in [3.63, 3.8) is 0 Å².